The van der Waals surface area contributed by atoms with Gasteiger partial charge in [0.05, 0.1) is 19.8 Å². The van der Waals surface area contributed by atoms with Crippen molar-refractivity contribution in [2.24, 2.45) is 5.92 Å². The van der Waals surface area contributed by atoms with Crippen molar-refractivity contribution in [3.8, 4) is 28.0 Å². The van der Waals surface area contributed by atoms with Crippen LogP contribution in [0.3, 0.4) is 0 Å². The predicted molar refractivity (Wildman–Crippen MR) is 149 cm³/mol. The molecule has 0 bridgehead atoms. The van der Waals surface area contributed by atoms with Gasteiger partial charge in [0.2, 0.25) is 5.82 Å². The van der Waals surface area contributed by atoms with Gasteiger partial charge in [0.15, 0.2) is 29.5 Å². The third kappa shape index (κ3) is 7.24. The van der Waals surface area contributed by atoms with E-state index in [0.717, 1.165) is 51.4 Å². The van der Waals surface area contributed by atoms with Crippen LogP contribution in [-0.4, -0.2) is 19.8 Å². The summed E-state index contributed by atoms with van der Waals surface area (Å²) < 4.78 is 76.5. The van der Waals surface area contributed by atoms with Crippen LogP contribution in [0.5, 0.6) is 5.75 Å². The zero-order chi connectivity index (χ0) is 28.5. The molecule has 40 heavy (non-hydrogen) atoms. The largest absolute Gasteiger partial charge is 0.490 e. The molecule has 0 aromatic heterocycles. The quantitative estimate of drug-likeness (QED) is 0.154. The van der Waals surface area contributed by atoms with Crippen LogP contribution in [0.2, 0.25) is 0 Å². The first-order valence-electron chi connectivity index (χ1n) is 14.4. The van der Waals surface area contributed by atoms with Crippen molar-refractivity contribution in [1.82, 2.24) is 0 Å². The molecule has 216 valence electrons. The Labute approximate surface area is 234 Å². The molecule has 0 aliphatic carbocycles. The van der Waals surface area contributed by atoms with E-state index in [1.54, 1.807) is 24.3 Å². The predicted octanol–water partition coefficient (Wildman–Crippen LogP) is 9.78. The Balaban J connectivity index is 1.43. The Morgan fingerprint density at radius 2 is 1.23 bits per heavy atom. The molecule has 3 aromatic rings. The number of unbranched alkanes of at least 4 members (excludes halogenated alkanes) is 5. The van der Waals surface area contributed by atoms with Gasteiger partial charge in [-0.3, -0.25) is 0 Å². The van der Waals surface area contributed by atoms with Gasteiger partial charge in [0.25, 0.3) is 0 Å². The van der Waals surface area contributed by atoms with E-state index in [1.165, 1.54) is 24.3 Å². The number of rotatable bonds is 13. The molecule has 1 saturated heterocycles. The molecular weight excluding hydrogens is 520 g/mol. The minimum Gasteiger partial charge on any atom is -0.490 e. The first-order valence-corrected chi connectivity index (χ1v) is 14.4. The fourth-order valence-corrected chi connectivity index (χ4v) is 4.95. The molecule has 4 rings (SSSR count). The van der Waals surface area contributed by atoms with Crippen LogP contribution in [0, 0.1) is 29.2 Å². The van der Waals surface area contributed by atoms with Crippen molar-refractivity contribution in [2.75, 3.05) is 19.8 Å². The van der Waals surface area contributed by atoms with Gasteiger partial charge < -0.3 is 14.2 Å². The lowest BCUT2D eigenvalue weighted by Crippen LogP contribution is -2.27. The zero-order valence-corrected chi connectivity index (χ0v) is 23.3. The highest BCUT2D eigenvalue weighted by Gasteiger charge is 2.28. The maximum absolute atomic E-state index is 15.1. The van der Waals surface area contributed by atoms with Gasteiger partial charge in [-0.15, -0.1) is 0 Å². The van der Waals surface area contributed by atoms with Crippen LogP contribution in [0.1, 0.15) is 77.1 Å². The van der Waals surface area contributed by atoms with Crippen molar-refractivity contribution >= 4 is 0 Å². The fourth-order valence-electron chi connectivity index (χ4n) is 4.95. The van der Waals surface area contributed by atoms with E-state index in [9.17, 15) is 8.78 Å². The smallest absolute Gasteiger partial charge is 0.201 e. The second-order valence-electron chi connectivity index (χ2n) is 10.4. The summed E-state index contributed by atoms with van der Waals surface area (Å²) in [5, 5.41) is 0. The Morgan fingerprint density at radius 1 is 0.650 bits per heavy atom. The summed E-state index contributed by atoms with van der Waals surface area (Å²) in [6, 6.07) is 12.0. The highest BCUT2D eigenvalue weighted by atomic mass is 19.2. The second-order valence-corrected chi connectivity index (χ2v) is 10.4. The molecule has 3 aromatic carbocycles. The Kier molecular flexibility index (Phi) is 11.0. The molecule has 0 unspecified atom stereocenters. The maximum atomic E-state index is 15.1. The second kappa shape index (κ2) is 14.6. The third-order valence-corrected chi connectivity index (χ3v) is 7.36. The number of ether oxygens (including phenoxy) is 3. The maximum Gasteiger partial charge on any atom is 0.201 e. The monoisotopic (exact) mass is 558 g/mol. The molecule has 1 heterocycles. The Hall–Kier alpha value is -2.90. The normalized spacial score (nSPS) is 17.2. The van der Waals surface area contributed by atoms with Crippen LogP contribution < -0.4 is 4.74 Å². The van der Waals surface area contributed by atoms with E-state index in [2.05, 4.69) is 13.8 Å². The minimum atomic E-state index is -1.04. The molecule has 0 amide bonds. The van der Waals surface area contributed by atoms with Gasteiger partial charge in [-0.25, -0.2) is 13.2 Å². The summed E-state index contributed by atoms with van der Waals surface area (Å²) in [5.41, 5.74) is 0.948. The van der Waals surface area contributed by atoms with Gasteiger partial charge in [-0.2, -0.15) is 4.39 Å². The summed E-state index contributed by atoms with van der Waals surface area (Å²) in [6.07, 6.45) is 7.30. The highest BCUT2D eigenvalue weighted by molar-refractivity contribution is 5.71. The molecule has 0 atom stereocenters. The molecule has 0 radical (unpaired) electrons. The minimum absolute atomic E-state index is 0.0232. The van der Waals surface area contributed by atoms with Crippen LogP contribution in [0.4, 0.5) is 17.6 Å². The molecule has 0 N–H and O–H groups in total. The number of hydrogen-bond donors (Lipinski definition) is 0. The average molecular weight is 559 g/mol. The van der Waals surface area contributed by atoms with Crippen molar-refractivity contribution in [3.05, 3.63) is 77.4 Å². The molecule has 3 nitrogen and oxygen atoms in total. The fraction of sp³-hybridized carbons (Fsp3) is 0.455. The van der Waals surface area contributed by atoms with Gasteiger partial charge in [-0.05, 0) is 36.1 Å². The van der Waals surface area contributed by atoms with E-state index in [1.807, 2.05) is 0 Å². The number of halogens is 4. The van der Waals surface area contributed by atoms with Gasteiger partial charge in [-0.1, -0.05) is 88.8 Å². The summed E-state index contributed by atoms with van der Waals surface area (Å²) in [7, 11) is 0. The average Bonchev–Trinajstić information content (AvgIpc) is 2.97. The van der Waals surface area contributed by atoms with E-state index in [-0.39, 0.29) is 28.4 Å². The lowest BCUT2D eigenvalue weighted by atomic mass is 9.98. The SMILES string of the molecule is CCCCCCOc1ccc(-c2ccc(-c3ccc(C4OCC(CCCCC)CO4)c(F)c3F)cc2)c(F)c1F. The van der Waals surface area contributed by atoms with Crippen LogP contribution in [0.25, 0.3) is 22.3 Å². The number of benzene rings is 3. The number of hydrogen-bond acceptors (Lipinski definition) is 3. The molecule has 0 spiro atoms. The van der Waals surface area contributed by atoms with Crippen molar-refractivity contribution in [1.29, 1.82) is 0 Å². The van der Waals surface area contributed by atoms with Gasteiger partial charge in [0.1, 0.15) is 0 Å². The van der Waals surface area contributed by atoms with E-state index >= 15 is 8.78 Å². The van der Waals surface area contributed by atoms with E-state index < -0.39 is 29.6 Å². The first kappa shape index (κ1) is 30.1. The molecular formula is C33H38F4O3. The van der Waals surface area contributed by atoms with E-state index in [4.69, 9.17) is 14.2 Å². The molecule has 1 fully saturated rings. The van der Waals surface area contributed by atoms with Crippen molar-refractivity contribution in [2.45, 2.75) is 71.5 Å². The molecule has 1 aliphatic heterocycles. The molecule has 0 saturated carbocycles. The van der Waals surface area contributed by atoms with Crippen LogP contribution >= 0.6 is 0 Å². The van der Waals surface area contributed by atoms with Crippen LogP contribution in [0.15, 0.2) is 48.5 Å². The summed E-state index contributed by atoms with van der Waals surface area (Å²) in [5.74, 6) is -3.95. The topological polar surface area (TPSA) is 27.7 Å². The Bertz CT molecular complexity index is 1240. The van der Waals surface area contributed by atoms with Crippen molar-refractivity contribution < 1.29 is 31.8 Å². The van der Waals surface area contributed by atoms with Gasteiger partial charge in [0, 0.05) is 22.6 Å². The summed E-state index contributed by atoms with van der Waals surface area (Å²) >= 11 is 0. The summed E-state index contributed by atoms with van der Waals surface area (Å²) in [6.45, 7) is 5.46. The third-order valence-electron chi connectivity index (χ3n) is 7.36. The zero-order valence-electron chi connectivity index (χ0n) is 23.3. The van der Waals surface area contributed by atoms with Crippen molar-refractivity contribution in [3.63, 3.8) is 0 Å². The van der Waals surface area contributed by atoms with E-state index in [0.29, 0.717) is 30.9 Å². The molecule has 7 heteroatoms. The molecule has 1 aliphatic rings. The lowest BCUT2D eigenvalue weighted by Gasteiger charge is -2.30. The lowest BCUT2D eigenvalue weighted by molar-refractivity contribution is -0.207. The first-order chi connectivity index (χ1) is 19.4. The summed E-state index contributed by atoms with van der Waals surface area (Å²) in [4.78, 5) is 0. The Morgan fingerprint density at radius 3 is 1.85 bits per heavy atom. The standard InChI is InChI=1S/C33H38F4O3/c1-3-5-7-9-19-38-28-18-17-26(30(35)32(28)37)24-13-11-23(12-14-24)25-15-16-27(31(36)29(25)34)33-39-20-22(21-40-33)10-8-6-4-2/h11-18,22,33H,3-10,19-21H2,1-2H3. The van der Waals surface area contributed by atoms with Crippen LogP contribution in [-0.2, 0) is 9.47 Å². The van der Waals surface area contributed by atoms with Gasteiger partial charge >= 0.3 is 0 Å². The highest BCUT2D eigenvalue weighted by Crippen LogP contribution is 2.35.